The van der Waals surface area contributed by atoms with Crippen LogP contribution in [-0.2, 0) is 0 Å². The Bertz CT molecular complexity index is 1830. The first-order valence-corrected chi connectivity index (χ1v) is 11.9. The highest BCUT2D eigenvalue weighted by Crippen LogP contribution is 2.43. The first-order chi connectivity index (χ1) is 17.8. The van der Waals surface area contributed by atoms with Crippen LogP contribution in [0.25, 0.3) is 66.6 Å². The van der Waals surface area contributed by atoms with Crippen LogP contribution < -0.4 is 0 Å². The number of rotatable bonds is 4. The van der Waals surface area contributed by atoms with Crippen LogP contribution in [0.15, 0.2) is 137 Å². The van der Waals surface area contributed by atoms with Crippen LogP contribution in [0.4, 0.5) is 0 Å². The van der Waals surface area contributed by atoms with Crippen molar-refractivity contribution in [2.45, 2.75) is 0 Å². The zero-order valence-corrected chi connectivity index (χ0v) is 19.4. The van der Waals surface area contributed by atoms with Gasteiger partial charge in [0.05, 0.1) is 6.26 Å². The molecule has 0 aliphatic carbocycles. The molecular formula is C33H21NO2. The second-order valence-electron chi connectivity index (χ2n) is 8.85. The fourth-order valence-electron chi connectivity index (χ4n) is 5.00. The van der Waals surface area contributed by atoms with Crippen molar-refractivity contribution in [3.8, 4) is 44.5 Å². The predicted octanol–water partition coefficient (Wildman–Crippen LogP) is 9.24. The molecule has 0 bridgehead atoms. The van der Waals surface area contributed by atoms with E-state index in [1.165, 1.54) is 17.5 Å². The number of furan rings is 1. The zero-order valence-electron chi connectivity index (χ0n) is 19.4. The summed E-state index contributed by atoms with van der Waals surface area (Å²) in [6.07, 6.45) is 3.36. The average Bonchev–Trinajstić information content (AvgIpc) is 3.60. The fraction of sp³-hybridized carbons (Fsp3) is 0. The van der Waals surface area contributed by atoms with Crippen LogP contribution in [0.5, 0.6) is 0 Å². The second-order valence-corrected chi connectivity index (χ2v) is 8.85. The molecule has 7 aromatic rings. The number of fused-ring (bicyclic) bond motifs is 2. The van der Waals surface area contributed by atoms with Gasteiger partial charge in [-0.25, -0.2) is 4.98 Å². The molecule has 0 N–H and O–H groups in total. The fourth-order valence-corrected chi connectivity index (χ4v) is 5.00. The Labute approximate surface area is 208 Å². The summed E-state index contributed by atoms with van der Waals surface area (Å²) in [4.78, 5) is 4.29. The van der Waals surface area contributed by atoms with Crippen molar-refractivity contribution in [2.75, 3.05) is 0 Å². The quantitative estimate of drug-likeness (QED) is 0.261. The van der Waals surface area contributed by atoms with Gasteiger partial charge in [-0.05, 0) is 57.1 Å². The van der Waals surface area contributed by atoms with Gasteiger partial charge >= 0.3 is 0 Å². The van der Waals surface area contributed by atoms with Crippen molar-refractivity contribution in [3.05, 3.63) is 128 Å². The maximum absolute atomic E-state index is 5.94. The van der Waals surface area contributed by atoms with Gasteiger partial charge in [-0.3, -0.25) is 0 Å². The minimum absolute atomic E-state index is 0.775. The van der Waals surface area contributed by atoms with Gasteiger partial charge in [-0.1, -0.05) is 97.1 Å². The smallest absolute Gasteiger partial charge is 0.181 e. The lowest BCUT2D eigenvalue weighted by Gasteiger charge is -2.16. The summed E-state index contributed by atoms with van der Waals surface area (Å²) in [7, 11) is 0. The Balaban J connectivity index is 1.47. The number of hydrogen-bond donors (Lipinski definition) is 0. The third kappa shape index (κ3) is 3.41. The van der Waals surface area contributed by atoms with Gasteiger partial charge in [0, 0.05) is 10.9 Å². The van der Waals surface area contributed by atoms with Gasteiger partial charge in [-0.15, -0.1) is 0 Å². The number of nitrogens with zero attached hydrogens (tertiary/aromatic N) is 1. The molecule has 0 fully saturated rings. The van der Waals surface area contributed by atoms with Crippen LogP contribution in [0, 0.1) is 0 Å². The maximum atomic E-state index is 5.94. The summed E-state index contributed by atoms with van der Waals surface area (Å²) in [5.74, 6) is 0. The molecule has 0 saturated heterocycles. The predicted molar refractivity (Wildman–Crippen MR) is 146 cm³/mol. The van der Waals surface area contributed by atoms with Crippen molar-refractivity contribution in [3.63, 3.8) is 0 Å². The first kappa shape index (κ1) is 20.5. The van der Waals surface area contributed by atoms with Crippen molar-refractivity contribution in [1.29, 1.82) is 0 Å². The Kier molecular flexibility index (Phi) is 4.78. The summed E-state index contributed by atoms with van der Waals surface area (Å²) >= 11 is 0. The summed E-state index contributed by atoms with van der Waals surface area (Å²) in [6.45, 7) is 0. The molecule has 0 aliphatic heterocycles. The topological polar surface area (TPSA) is 39.2 Å². The Hall–Kier alpha value is -4.89. The van der Waals surface area contributed by atoms with Gasteiger partial charge in [0.15, 0.2) is 12.0 Å². The molecule has 0 radical (unpaired) electrons. The largest absolute Gasteiger partial charge is 0.464 e. The normalized spacial score (nSPS) is 11.3. The SMILES string of the molecule is c1ccc(-c2ccc(-c3c(-c4ccc5ncoc5c4)cccc3-c3coc4ccccc34)cc2)cc1. The van der Waals surface area contributed by atoms with E-state index in [9.17, 15) is 0 Å². The molecule has 0 unspecified atom stereocenters. The summed E-state index contributed by atoms with van der Waals surface area (Å²) in [5.41, 5.74) is 11.6. The molecule has 3 nitrogen and oxygen atoms in total. The summed E-state index contributed by atoms with van der Waals surface area (Å²) in [6, 6.07) is 40.1. The number of para-hydroxylation sites is 1. The van der Waals surface area contributed by atoms with Gasteiger partial charge in [0.2, 0.25) is 0 Å². The van der Waals surface area contributed by atoms with E-state index >= 15 is 0 Å². The Morgan fingerprint density at radius 3 is 2.08 bits per heavy atom. The molecule has 3 heteroatoms. The van der Waals surface area contributed by atoms with E-state index < -0.39 is 0 Å². The molecule has 0 aliphatic rings. The summed E-state index contributed by atoms with van der Waals surface area (Å²) < 4.78 is 11.6. The van der Waals surface area contributed by atoms with Gasteiger partial charge in [0.25, 0.3) is 0 Å². The molecule has 5 aromatic carbocycles. The second kappa shape index (κ2) is 8.40. The van der Waals surface area contributed by atoms with Crippen LogP contribution in [0.3, 0.4) is 0 Å². The van der Waals surface area contributed by atoms with Crippen molar-refractivity contribution in [1.82, 2.24) is 4.98 Å². The van der Waals surface area contributed by atoms with E-state index in [0.717, 1.165) is 55.4 Å². The van der Waals surface area contributed by atoms with Crippen molar-refractivity contribution < 1.29 is 8.83 Å². The van der Waals surface area contributed by atoms with Crippen LogP contribution in [0.2, 0.25) is 0 Å². The molecule has 36 heavy (non-hydrogen) atoms. The molecule has 0 atom stereocenters. The van der Waals surface area contributed by atoms with Crippen LogP contribution in [-0.4, -0.2) is 4.98 Å². The van der Waals surface area contributed by atoms with E-state index in [2.05, 4.69) is 96.0 Å². The van der Waals surface area contributed by atoms with Gasteiger partial charge in [-0.2, -0.15) is 0 Å². The lowest BCUT2D eigenvalue weighted by Crippen LogP contribution is -1.90. The lowest BCUT2D eigenvalue weighted by molar-refractivity contribution is 0.602. The molecule has 0 amide bonds. The maximum Gasteiger partial charge on any atom is 0.181 e. The summed E-state index contributed by atoms with van der Waals surface area (Å²) in [5, 5.41) is 1.10. The number of aromatic nitrogens is 1. The molecule has 0 saturated carbocycles. The van der Waals surface area contributed by atoms with Crippen molar-refractivity contribution in [2.24, 2.45) is 0 Å². The van der Waals surface area contributed by atoms with Crippen molar-refractivity contribution >= 4 is 22.1 Å². The molecule has 2 aromatic heterocycles. The highest BCUT2D eigenvalue weighted by Gasteiger charge is 2.18. The third-order valence-electron chi connectivity index (χ3n) is 6.76. The molecule has 7 rings (SSSR count). The van der Waals surface area contributed by atoms with Crippen LogP contribution in [0.1, 0.15) is 0 Å². The van der Waals surface area contributed by atoms with E-state index in [4.69, 9.17) is 8.83 Å². The van der Waals surface area contributed by atoms with E-state index in [1.807, 2.05) is 30.5 Å². The lowest BCUT2D eigenvalue weighted by atomic mass is 9.87. The average molecular weight is 464 g/mol. The minimum atomic E-state index is 0.775. The van der Waals surface area contributed by atoms with Gasteiger partial charge in [0.1, 0.15) is 11.1 Å². The molecule has 2 heterocycles. The van der Waals surface area contributed by atoms with E-state index in [-0.39, 0.29) is 0 Å². The Morgan fingerprint density at radius 2 is 1.19 bits per heavy atom. The highest BCUT2D eigenvalue weighted by molar-refractivity contribution is 6.03. The highest BCUT2D eigenvalue weighted by atomic mass is 16.3. The van der Waals surface area contributed by atoms with Gasteiger partial charge < -0.3 is 8.83 Å². The number of oxazole rings is 1. The Morgan fingerprint density at radius 1 is 0.472 bits per heavy atom. The molecule has 170 valence electrons. The zero-order chi connectivity index (χ0) is 23.9. The molecular weight excluding hydrogens is 442 g/mol. The number of hydrogen-bond acceptors (Lipinski definition) is 3. The van der Waals surface area contributed by atoms with Crippen LogP contribution >= 0.6 is 0 Å². The minimum Gasteiger partial charge on any atom is -0.464 e. The van der Waals surface area contributed by atoms with E-state index in [1.54, 1.807) is 0 Å². The third-order valence-corrected chi connectivity index (χ3v) is 6.76. The first-order valence-electron chi connectivity index (χ1n) is 11.9. The number of benzene rings is 5. The standard InChI is InChI=1S/C33H21NO2/c1-2-7-22(8-3-1)23-13-15-24(16-14-23)33-26(25-17-18-30-32(19-25)36-21-34-30)10-6-11-28(33)29-20-35-31-12-5-4-9-27(29)31/h1-21H. The monoisotopic (exact) mass is 463 g/mol. The van der Waals surface area contributed by atoms with E-state index in [0.29, 0.717) is 0 Å². The molecule has 0 spiro atoms.